The molecule has 8 nitrogen and oxygen atoms in total. The van der Waals surface area contributed by atoms with Gasteiger partial charge in [0, 0.05) is 30.7 Å². The number of nitrogens with one attached hydrogen (secondary N) is 1. The summed E-state index contributed by atoms with van der Waals surface area (Å²) in [6.45, 7) is 0.377. The van der Waals surface area contributed by atoms with Gasteiger partial charge in [-0.15, -0.1) is 0 Å². The number of likely N-dealkylation sites (N-methyl/N-ethyl adjacent to an activating group) is 1. The quantitative estimate of drug-likeness (QED) is 0.566. The first-order valence-corrected chi connectivity index (χ1v) is 9.26. The van der Waals surface area contributed by atoms with Gasteiger partial charge in [0.2, 0.25) is 6.79 Å². The van der Waals surface area contributed by atoms with Crippen molar-refractivity contribution in [2.24, 2.45) is 0 Å². The molecule has 0 aliphatic carbocycles. The molecule has 1 aromatic carbocycles. The molecule has 1 aliphatic heterocycles. The van der Waals surface area contributed by atoms with Crippen molar-refractivity contribution in [2.75, 3.05) is 34.5 Å². The molecule has 0 atom stereocenters. The van der Waals surface area contributed by atoms with Gasteiger partial charge in [-0.2, -0.15) is 0 Å². The van der Waals surface area contributed by atoms with Gasteiger partial charge in [-0.25, -0.2) is 9.59 Å². The average Bonchev–Trinajstić information content (AvgIpc) is 3.10. The van der Waals surface area contributed by atoms with Gasteiger partial charge in [0.05, 0.1) is 18.2 Å². The SMILES string of the molecule is COc1ccc2c(c1)c(CCN(C)C)cn2C(=O)OCOC(=O)C1=CNC=CC1. The molecule has 0 unspecified atom stereocenters. The zero-order valence-corrected chi connectivity index (χ0v) is 16.8. The lowest BCUT2D eigenvalue weighted by molar-refractivity contribution is -0.147. The molecular formula is C21H25N3O5. The maximum Gasteiger partial charge on any atom is 0.421 e. The van der Waals surface area contributed by atoms with E-state index in [4.69, 9.17) is 14.2 Å². The maximum absolute atomic E-state index is 12.6. The van der Waals surface area contributed by atoms with Crippen LogP contribution in [0.3, 0.4) is 0 Å². The van der Waals surface area contributed by atoms with Crippen molar-refractivity contribution in [1.29, 1.82) is 0 Å². The predicted octanol–water partition coefficient (Wildman–Crippen LogP) is 2.63. The number of dihydropyridines is 1. The number of carbonyl (C=O) groups excluding carboxylic acids is 2. The minimum absolute atomic E-state index is 0.457. The van der Waals surface area contributed by atoms with Gasteiger partial charge in [0.1, 0.15) is 5.75 Å². The predicted molar refractivity (Wildman–Crippen MR) is 109 cm³/mol. The first-order valence-electron chi connectivity index (χ1n) is 9.26. The Morgan fingerprint density at radius 3 is 2.76 bits per heavy atom. The highest BCUT2D eigenvalue weighted by Gasteiger charge is 2.17. The molecule has 1 N–H and O–H groups in total. The van der Waals surface area contributed by atoms with Gasteiger partial charge in [-0.1, -0.05) is 6.08 Å². The van der Waals surface area contributed by atoms with Crippen LogP contribution >= 0.6 is 0 Å². The molecule has 29 heavy (non-hydrogen) atoms. The topological polar surface area (TPSA) is 82.0 Å². The Morgan fingerprint density at radius 2 is 2.07 bits per heavy atom. The van der Waals surface area contributed by atoms with E-state index in [9.17, 15) is 9.59 Å². The zero-order valence-electron chi connectivity index (χ0n) is 16.8. The van der Waals surface area contributed by atoms with E-state index in [1.165, 1.54) is 4.57 Å². The molecule has 0 spiro atoms. The van der Waals surface area contributed by atoms with Crippen molar-refractivity contribution in [2.45, 2.75) is 12.8 Å². The molecular weight excluding hydrogens is 374 g/mol. The highest BCUT2D eigenvalue weighted by atomic mass is 16.7. The molecule has 0 bridgehead atoms. The summed E-state index contributed by atoms with van der Waals surface area (Å²) in [6, 6.07) is 5.50. The normalized spacial score (nSPS) is 13.2. The molecule has 1 aliphatic rings. The molecule has 3 rings (SSSR count). The van der Waals surface area contributed by atoms with Crippen molar-refractivity contribution in [3.8, 4) is 5.75 Å². The lowest BCUT2D eigenvalue weighted by Crippen LogP contribution is -2.19. The Morgan fingerprint density at radius 1 is 1.24 bits per heavy atom. The van der Waals surface area contributed by atoms with E-state index in [0.717, 1.165) is 23.9 Å². The molecule has 0 amide bonds. The number of fused-ring (bicyclic) bond motifs is 1. The highest BCUT2D eigenvalue weighted by molar-refractivity contribution is 5.93. The largest absolute Gasteiger partial charge is 0.497 e. The summed E-state index contributed by atoms with van der Waals surface area (Å²) in [6.07, 6.45) is 7.48. The van der Waals surface area contributed by atoms with Crippen LogP contribution in [0.5, 0.6) is 5.75 Å². The Labute approximate surface area is 169 Å². The second-order valence-corrected chi connectivity index (χ2v) is 6.86. The van der Waals surface area contributed by atoms with Crippen LogP contribution in [0.25, 0.3) is 10.9 Å². The van der Waals surface area contributed by atoms with Gasteiger partial charge in [-0.05, 0) is 50.5 Å². The van der Waals surface area contributed by atoms with Crippen LogP contribution in [0.1, 0.15) is 12.0 Å². The molecule has 2 aromatic rings. The van der Waals surface area contributed by atoms with Crippen molar-refractivity contribution < 1.29 is 23.8 Å². The minimum atomic E-state index is -0.611. The Balaban J connectivity index is 1.71. The van der Waals surface area contributed by atoms with Crippen LogP contribution in [0.2, 0.25) is 0 Å². The summed E-state index contributed by atoms with van der Waals surface area (Å²) >= 11 is 0. The smallest absolute Gasteiger partial charge is 0.421 e. The van der Waals surface area contributed by atoms with E-state index in [-0.39, 0.29) is 0 Å². The van der Waals surface area contributed by atoms with Crippen LogP contribution < -0.4 is 10.1 Å². The maximum atomic E-state index is 12.6. The first kappa shape index (κ1) is 20.5. The molecule has 0 saturated carbocycles. The van der Waals surface area contributed by atoms with Crippen molar-refractivity contribution >= 4 is 23.0 Å². The van der Waals surface area contributed by atoms with Gasteiger partial charge >= 0.3 is 12.1 Å². The summed E-state index contributed by atoms with van der Waals surface area (Å²) in [5.41, 5.74) is 2.18. The van der Waals surface area contributed by atoms with Crippen LogP contribution in [0.15, 0.2) is 48.4 Å². The van der Waals surface area contributed by atoms with Gasteiger partial charge in [0.25, 0.3) is 0 Å². The summed E-state index contributed by atoms with van der Waals surface area (Å²) in [5.74, 6) is 0.190. The molecule has 154 valence electrons. The van der Waals surface area contributed by atoms with E-state index in [1.54, 1.807) is 37.8 Å². The standard InChI is InChI=1S/C21H25N3O5/c1-23(2)10-8-16-13-24(19-7-6-17(27-3)11-18(16)19)21(26)29-14-28-20(25)15-5-4-9-22-12-15/h4,6-7,9,11-13,22H,5,8,10,14H2,1-3H3. The monoisotopic (exact) mass is 399 g/mol. The number of methoxy groups -OCH3 is 1. The third-order valence-electron chi connectivity index (χ3n) is 4.56. The highest BCUT2D eigenvalue weighted by Crippen LogP contribution is 2.27. The lowest BCUT2D eigenvalue weighted by atomic mass is 10.1. The fourth-order valence-corrected chi connectivity index (χ4v) is 3.00. The van der Waals surface area contributed by atoms with Crippen LogP contribution in [-0.2, 0) is 20.7 Å². The number of hydrogen-bond donors (Lipinski definition) is 1. The first-order chi connectivity index (χ1) is 14.0. The van der Waals surface area contributed by atoms with E-state index in [1.807, 2.05) is 26.2 Å². The van der Waals surface area contributed by atoms with Crippen molar-refractivity contribution in [1.82, 2.24) is 14.8 Å². The van der Waals surface area contributed by atoms with E-state index in [2.05, 4.69) is 10.2 Å². The fourth-order valence-electron chi connectivity index (χ4n) is 3.00. The Bertz CT molecular complexity index is 959. The number of rotatable bonds is 7. The van der Waals surface area contributed by atoms with E-state index in [0.29, 0.717) is 23.3 Å². The second-order valence-electron chi connectivity index (χ2n) is 6.86. The molecule has 2 heterocycles. The van der Waals surface area contributed by atoms with Gasteiger partial charge < -0.3 is 24.4 Å². The van der Waals surface area contributed by atoms with Crippen LogP contribution in [0.4, 0.5) is 4.79 Å². The van der Waals surface area contributed by atoms with E-state index < -0.39 is 18.9 Å². The molecule has 0 saturated heterocycles. The zero-order chi connectivity index (χ0) is 20.8. The van der Waals surface area contributed by atoms with Crippen molar-refractivity contribution in [3.05, 3.63) is 54.0 Å². The number of allylic oxidation sites excluding steroid dienone is 1. The number of carbonyl (C=O) groups is 2. The number of hydrogen-bond acceptors (Lipinski definition) is 7. The summed E-state index contributed by atoms with van der Waals surface area (Å²) in [7, 11) is 5.60. The number of benzene rings is 1. The number of esters is 1. The average molecular weight is 399 g/mol. The minimum Gasteiger partial charge on any atom is -0.497 e. The fraction of sp³-hybridized carbons (Fsp3) is 0.333. The third-order valence-corrected chi connectivity index (χ3v) is 4.56. The number of aromatic nitrogens is 1. The Hall–Kier alpha value is -3.26. The lowest BCUT2D eigenvalue weighted by Gasteiger charge is -2.10. The van der Waals surface area contributed by atoms with Gasteiger partial charge in [0.15, 0.2) is 0 Å². The molecule has 0 radical (unpaired) electrons. The number of ether oxygens (including phenoxy) is 3. The molecule has 8 heteroatoms. The van der Waals surface area contributed by atoms with Gasteiger partial charge in [-0.3, -0.25) is 4.57 Å². The van der Waals surface area contributed by atoms with Crippen LogP contribution in [-0.4, -0.2) is 56.1 Å². The summed E-state index contributed by atoms with van der Waals surface area (Å²) in [5, 5.41) is 3.75. The third kappa shape index (κ3) is 4.97. The van der Waals surface area contributed by atoms with Crippen molar-refractivity contribution in [3.63, 3.8) is 0 Å². The van der Waals surface area contributed by atoms with Crippen LogP contribution in [0, 0.1) is 0 Å². The summed E-state index contributed by atoms with van der Waals surface area (Å²) < 4.78 is 17.0. The molecule has 0 fully saturated rings. The number of nitrogens with zero attached hydrogens (tertiary/aromatic N) is 2. The Kier molecular flexibility index (Phi) is 6.56. The summed E-state index contributed by atoms with van der Waals surface area (Å²) in [4.78, 5) is 26.6. The second kappa shape index (κ2) is 9.29. The molecule has 1 aromatic heterocycles. The van der Waals surface area contributed by atoms with E-state index >= 15 is 0 Å².